The molecule has 0 bridgehead atoms. The highest BCUT2D eigenvalue weighted by molar-refractivity contribution is 6.34. The van der Waals surface area contributed by atoms with Gasteiger partial charge in [0.1, 0.15) is 0 Å². The average molecular weight is 383 g/mol. The zero-order valence-corrected chi connectivity index (χ0v) is 16.0. The van der Waals surface area contributed by atoms with Crippen molar-refractivity contribution in [2.24, 2.45) is 5.10 Å². The molecule has 0 aromatic heterocycles. The first-order valence-corrected chi connectivity index (χ1v) is 8.90. The fraction of sp³-hybridized carbons (Fsp3) is 0.190. The summed E-state index contributed by atoms with van der Waals surface area (Å²) >= 11 is 5.90. The predicted molar refractivity (Wildman–Crippen MR) is 108 cm³/mol. The van der Waals surface area contributed by atoms with Crippen molar-refractivity contribution in [1.29, 1.82) is 0 Å². The van der Waals surface area contributed by atoms with Crippen molar-refractivity contribution < 1.29 is 14.7 Å². The lowest BCUT2D eigenvalue weighted by Gasteiger charge is -2.13. The summed E-state index contributed by atoms with van der Waals surface area (Å²) in [5.74, 6) is -1.03. The molecule has 5 nitrogen and oxygen atoms in total. The van der Waals surface area contributed by atoms with Crippen molar-refractivity contribution in [2.45, 2.75) is 26.7 Å². The molecule has 1 amide bonds. The van der Waals surface area contributed by atoms with Gasteiger partial charge < -0.3 is 5.11 Å². The van der Waals surface area contributed by atoms with E-state index in [1.165, 1.54) is 22.7 Å². The van der Waals surface area contributed by atoms with Crippen LogP contribution in [0.2, 0.25) is 5.02 Å². The van der Waals surface area contributed by atoms with Gasteiger partial charge in [-0.1, -0.05) is 49.7 Å². The summed E-state index contributed by atoms with van der Waals surface area (Å²) < 4.78 is 0. The lowest BCUT2D eigenvalue weighted by atomic mass is 10.0. The van der Waals surface area contributed by atoms with Crippen LogP contribution in [0.5, 0.6) is 0 Å². The Morgan fingerprint density at radius 1 is 1.19 bits per heavy atom. The molecule has 27 heavy (non-hydrogen) atoms. The highest BCUT2D eigenvalue weighted by Crippen LogP contribution is 2.29. The largest absolute Gasteiger partial charge is 0.478 e. The summed E-state index contributed by atoms with van der Waals surface area (Å²) in [6, 6.07) is 12.4. The molecule has 0 atom stereocenters. The first kappa shape index (κ1) is 18.9. The van der Waals surface area contributed by atoms with Gasteiger partial charge in [-0.3, -0.25) is 4.79 Å². The normalized spacial score (nSPS) is 15.6. The standard InChI is InChI=1S/C21H19ClN2O3/c1-12(2)15-6-4-14(5-7-15)10-17-13(3)23-24(20(17)25)16-8-9-19(22)18(11-16)21(26)27/h4-12H,1-3H3,(H,26,27)/b17-10+. The van der Waals surface area contributed by atoms with Gasteiger partial charge in [-0.25, -0.2) is 4.79 Å². The van der Waals surface area contributed by atoms with Gasteiger partial charge in [0.2, 0.25) is 0 Å². The molecule has 0 radical (unpaired) electrons. The van der Waals surface area contributed by atoms with E-state index in [-0.39, 0.29) is 16.5 Å². The number of hydrazone groups is 1. The Balaban J connectivity index is 1.92. The topological polar surface area (TPSA) is 70.0 Å². The number of amides is 1. The number of carboxylic acid groups (broad SMARTS) is 1. The monoisotopic (exact) mass is 382 g/mol. The quantitative estimate of drug-likeness (QED) is 0.759. The first-order chi connectivity index (χ1) is 12.8. The van der Waals surface area contributed by atoms with Crippen LogP contribution in [-0.2, 0) is 4.79 Å². The third kappa shape index (κ3) is 3.78. The molecule has 2 aromatic carbocycles. The first-order valence-electron chi connectivity index (χ1n) is 8.52. The molecule has 2 aromatic rings. The lowest BCUT2D eigenvalue weighted by molar-refractivity contribution is -0.114. The number of aromatic carboxylic acids is 1. The van der Waals surface area contributed by atoms with Gasteiger partial charge in [-0.15, -0.1) is 0 Å². The second-order valence-electron chi connectivity index (χ2n) is 6.65. The number of hydrogen-bond donors (Lipinski definition) is 1. The van der Waals surface area contributed by atoms with Gasteiger partial charge in [-0.2, -0.15) is 10.1 Å². The number of hydrogen-bond acceptors (Lipinski definition) is 3. The van der Waals surface area contributed by atoms with E-state index in [1.54, 1.807) is 19.1 Å². The molecule has 1 aliphatic rings. The van der Waals surface area contributed by atoms with E-state index < -0.39 is 5.97 Å². The van der Waals surface area contributed by atoms with Crippen molar-refractivity contribution in [3.8, 4) is 0 Å². The number of rotatable bonds is 4. The molecule has 138 valence electrons. The molecule has 0 saturated heterocycles. The molecular weight excluding hydrogens is 364 g/mol. The Morgan fingerprint density at radius 3 is 2.44 bits per heavy atom. The highest BCUT2D eigenvalue weighted by Gasteiger charge is 2.29. The smallest absolute Gasteiger partial charge is 0.337 e. The summed E-state index contributed by atoms with van der Waals surface area (Å²) in [6.45, 7) is 6.00. The van der Waals surface area contributed by atoms with Crippen LogP contribution in [0.4, 0.5) is 5.69 Å². The van der Waals surface area contributed by atoms with E-state index in [0.29, 0.717) is 22.9 Å². The Morgan fingerprint density at radius 2 is 1.85 bits per heavy atom. The van der Waals surface area contributed by atoms with Crippen molar-refractivity contribution in [1.82, 2.24) is 0 Å². The second-order valence-corrected chi connectivity index (χ2v) is 7.06. The fourth-order valence-electron chi connectivity index (χ4n) is 2.81. The minimum atomic E-state index is -1.16. The maximum absolute atomic E-state index is 12.8. The summed E-state index contributed by atoms with van der Waals surface area (Å²) in [5.41, 5.74) is 3.46. The summed E-state index contributed by atoms with van der Waals surface area (Å²) in [7, 11) is 0. The van der Waals surface area contributed by atoms with Crippen molar-refractivity contribution in [2.75, 3.05) is 5.01 Å². The van der Waals surface area contributed by atoms with Gasteiger partial charge in [0, 0.05) is 0 Å². The van der Waals surface area contributed by atoms with Crippen LogP contribution < -0.4 is 5.01 Å². The molecule has 0 aliphatic carbocycles. The van der Waals surface area contributed by atoms with Gasteiger partial charge in [0.05, 0.1) is 27.6 Å². The Hall–Kier alpha value is -2.92. The van der Waals surface area contributed by atoms with Crippen molar-refractivity contribution in [3.63, 3.8) is 0 Å². The van der Waals surface area contributed by atoms with E-state index in [0.717, 1.165) is 5.56 Å². The highest BCUT2D eigenvalue weighted by atomic mass is 35.5. The molecule has 0 spiro atoms. The van der Waals surface area contributed by atoms with E-state index >= 15 is 0 Å². The van der Waals surface area contributed by atoms with Crippen LogP contribution in [0.1, 0.15) is 48.2 Å². The molecular formula is C21H19ClN2O3. The number of anilines is 1. The Kier molecular flexibility index (Phi) is 5.15. The molecule has 3 rings (SSSR count). The molecule has 6 heteroatoms. The Bertz CT molecular complexity index is 975. The summed E-state index contributed by atoms with van der Waals surface area (Å²) in [6.07, 6.45) is 1.79. The number of carbonyl (C=O) groups excluding carboxylic acids is 1. The van der Waals surface area contributed by atoms with E-state index in [4.69, 9.17) is 11.6 Å². The van der Waals surface area contributed by atoms with Crippen LogP contribution in [0.25, 0.3) is 6.08 Å². The maximum atomic E-state index is 12.8. The van der Waals surface area contributed by atoms with Crippen LogP contribution in [0.3, 0.4) is 0 Å². The van der Waals surface area contributed by atoms with E-state index in [1.807, 2.05) is 24.3 Å². The number of benzene rings is 2. The molecule has 0 saturated carbocycles. The SMILES string of the molecule is CC1=NN(c2ccc(Cl)c(C(=O)O)c2)C(=O)/C1=C/c1ccc(C(C)C)cc1. The molecule has 0 unspecified atom stereocenters. The van der Waals surface area contributed by atoms with Crippen LogP contribution in [0, 0.1) is 0 Å². The third-order valence-corrected chi connectivity index (χ3v) is 4.73. The Labute approximate surface area is 162 Å². The van der Waals surface area contributed by atoms with Crippen LogP contribution >= 0.6 is 11.6 Å². The molecule has 0 fully saturated rings. The van der Waals surface area contributed by atoms with Gasteiger partial charge in [-0.05, 0) is 48.2 Å². The summed E-state index contributed by atoms with van der Waals surface area (Å²) in [5, 5.41) is 14.8. The number of halogens is 1. The van der Waals surface area contributed by atoms with Gasteiger partial charge in [0.25, 0.3) is 5.91 Å². The van der Waals surface area contributed by atoms with Crippen molar-refractivity contribution >= 4 is 41.0 Å². The zero-order chi connectivity index (χ0) is 19.7. The van der Waals surface area contributed by atoms with Gasteiger partial charge >= 0.3 is 5.97 Å². The van der Waals surface area contributed by atoms with Crippen LogP contribution in [-0.4, -0.2) is 22.7 Å². The second kappa shape index (κ2) is 7.37. The molecule has 1 N–H and O–H groups in total. The van der Waals surface area contributed by atoms with Crippen molar-refractivity contribution in [3.05, 3.63) is 69.8 Å². The fourth-order valence-corrected chi connectivity index (χ4v) is 3.01. The number of nitrogens with zero attached hydrogens (tertiary/aromatic N) is 2. The molecule has 1 heterocycles. The number of carboxylic acids is 1. The lowest BCUT2D eigenvalue weighted by Crippen LogP contribution is -2.21. The minimum Gasteiger partial charge on any atom is -0.478 e. The van der Waals surface area contributed by atoms with Gasteiger partial charge in [0.15, 0.2) is 0 Å². The minimum absolute atomic E-state index is 0.0727. The predicted octanol–water partition coefficient (Wildman–Crippen LogP) is 4.97. The maximum Gasteiger partial charge on any atom is 0.337 e. The third-order valence-electron chi connectivity index (χ3n) is 4.40. The molecule has 1 aliphatic heterocycles. The van der Waals surface area contributed by atoms with E-state index in [9.17, 15) is 14.7 Å². The zero-order valence-electron chi connectivity index (χ0n) is 15.2. The van der Waals surface area contributed by atoms with Crippen LogP contribution in [0.15, 0.2) is 53.1 Å². The summed E-state index contributed by atoms with van der Waals surface area (Å²) in [4.78, 5) is 24.1. The van der Waals surface area contributed by atoms with E-state index in [2.05, 4.69) is 18.9 Å². The number of carbonyl (C=O) groups is 2. The average Bonchev–Trinajstić information content (AvgIpc) is 2.90.